The Morgan fingerprint density at radius 2 is 1.58 bits per heavy atom. The van der Waals surface area contributed by atoms with Gasteiger partial charge in [0.1, 0.15) is 11.9 Å². The lowest BCUT2D eigenvalue weighted by Gasteiger charge is -2.15. The lowest BCUT2D eigenvalue weighted by atomic mass is 10.00. The Balaban J connectivity index is 2.26. The monoisotopic (exact) mass is 256 g/mol. The van der Waals surface area contributed by atoms with Crippen LogP contribution in [-0.4, -0.2) is 11.2 Å². The highest BCUT2D eigenvalue weighted by Crippen LogP contribution is 2.25. The molecule has 2 heteroatoms. The van der Waals surface area contributed by atoms with Crippen molar-refractivity contribution in [2.75, 3.05) is 0 Å². The van der Waals surface area contributed by atoms with E-state index >= 15 is 0 Å². The lowest BCUT2D eigenvalue weighted by Crippen LogP contribution is -2.06. The summed E-state index contributed by atoms with van der Waals surface area (Å²) in [5.41, 5.74) is 2.90. The summed E-state index contributed by atoms with van der Waals surface area (Å²) >= 11 is 0. The van der Waals surface area contributed by atoms with Crippen molar-refractivity contribution in [3.8, 4) is 5.75 Å². The molecule has 2 aromatic rings. The summed E-state index contributed by atoms with van der Waals surface area (Å²) in [6.07, 6.45) is -0.484. The van der Waals surface area contributed by atoms with Crippen molar-refractivity contribution in [2.24, 2.45) is 0 Å². The molecule has 2 aromatic carbocycles. The predicted octanol–water partition coefficient (Wildman–Crippen LogP) is 3.86. The number of hydrogen-bond acceptors (Lipinski definition) is 2. The van der Waals surface area contributed by atoms with Gasteiger partial charge in [-0.1, -0.05) is 42.0 Å². The molecule has 0 amide bonds. The van der Waals surface area contributed by atoms with E-state index in [1.807, 2.05) is 69.3 Å². The van der Waals surface area contributed by atoms with Crippen molar-refractivity contribution in [1.29, 1.82) is 0 Å². The molecule has 1 atom stereocenters. The van der Waals surface area contributed by atoms with Crippen LogP contribution in [0.1, 0.15) is 36.6 Å². The van der Waals surface area contributed by atoms with Gasteiger partial charge >= 0.3 is 0 Å². The van der Waals surface area contributed by atoms with Crippen LogP contribution in [-0.2, 0) is 0 Å². The molecule has 1 unspecified atom stereocenters. The fourth-order valence-corrected chi connectivity index (χ4v) is 2.06. The largest absolute Gasteiger partial charge is 0.491 e. The van der Waals surface area contributed by atoms with Crippen molar-refractivity contribution in [1.82, 2.24) is 0 Å². The molecule has 1 N–H and O–H groups in total. The lowest BCUT2D eigenvalue weighted by molar-refractivity contribution is 0.216. The molecule has 0 heterocycles. The van der Waals surface area contributed by atoms with E-state index in [0.717, 1.165) is 22.4 Å². The van der Waals surface area contributed by atoms with Gasteiger partial charge in [-0.05, 0) is 44.0 Å². The Labute approximate surface area is 114 Å². The van der Waals surface area contributed by atoms with Crippen LogP contribution in [0.5, 0.6) is 5.75 Å². The van der Waals surface area contributed by atoms with Gasteiger partial charge in [0, 0.05) is 0 Å². The molecule has 2 rings (SSSR count). The summed E-state index contributed by atoms with van der Waals surface area (Å²) in [6, 6.07) is 15.6. The van der Waals surface area contributed by atoms with Crippen molar-refractivity contribution >= 4 is 0 Å². The summed E-state index contributed by atoms with van der Waals surface area (Å²) in [7, 11) is 0. The van der Waals surface area contributed by atoms with E-state index < -0.39 is 6.10 Å². The maximum Gasteiger partial charge on any atom is 0.120 e. The van der Waals surface area contributed by atoms with Gasteiger partial charge < -0.3 is 9.84 Å². The van der Waals surface area contributed by atoms with Crippen LogP contribution in [0, 0.1) is 6.92 Å². The minimum Gasteiger partial charge on any atom is -0.491 e. The van der Waals surface area contributed by atoms with Gasteiger partial charge in [0.2, 0.25) is 0 Å². The Morgan fingerprint density at radius 1 is 0.947 bits per heavy atom. The molecule has 100 valence electrons. The van der Waals surface area contributed by atoms with E-state index in [2.05, 4.69) is 0 Å². The number of benzene rings is 2. The van der Waals surface area contributed by atoms with Gasteiger partial charge in [0.25, 0.3) is 0 Å². The van der Waals surface area contributed by atoms with Gasteiger partial charge in [-0.3, -0.25) is 0 Å². The molecular formula is C17H20O2. The molecule has 0 aromatic heterocycles. The van der Waals surface area contributed by atoms with Crippen LogP contribution >= 0.6 is 0 Å². The Hall–Kier alpha value is -1.80. The Bertz CT molecular complexity index is 546. The highest BCUT2D eigenvalue weighted by molar-refractivity contribution is 5.36. The Kier molecular flexibility index (Phi) is 4.23. The van der Waals surface area contributed by atoms with Crippen LogP contribution in [0.3, 0.4) is 0 Å². The molecule has 0 bridgehead atoms. The summed E-state index contributed by atoms with van der Waals surface area (Å²) in [5.74, 6) is 0.791. The number of rotatable bonds is 4. The normalized spacial score (nSPS) is 12.5. The third-order valence-corrected chi connectivity index (χ3v) is 2.90. The van der Waals surface area contributed by atoms with E-state index in [4.69, 9.17) is 4.74 Å². The number of hydrogen-bond donors (Lipinski definition) is 1. The Morgan fingerprint density at radius 3 is 2.21 bits per heavy atom. The van der Waals surface area contributed by atoms with E-state index in [0.29, 0.717) is 0 Å². The molecule has 0 spiro atoms. The van der Waals surface area contributed by atoms with Gasteiger partial charge in [-0.2, -0.15) is 0 Å². The number of aliphatic hydroxyl groups is 1. The van der Waals surface area contributed by atoms with Gasteiger partial charge in [0.05, 0.1) is 6.10 Å². The van der Waals surface area contributed by atoms with E-state index in [9.17, 15) is 5.11 Å². The summed E-state index contributed by atoms with van der Waals surface area (Å²) in [5, 5.41) is 10.4. The topological polar surface area (TPSA) is 29.5 Å². The van der Waals surface area contributed by atoms with Crippen LogP contribution in [0.4, 0.5) is 0 Å². The second kappa shape index (κ2) is 5.89. The third-order valence-electron chi connectivity index (χ3n) is 2.90. The van der Waals surface area contributed by atoms with E-state index in [1.165, 1.54) is 0 Å². The van der Waals surface area contributed by atoms with E-state index in [1.54, 1.807) is 0 Å². The molecule has 0 saturated heterocycles. The first-order chi connectivity index (χ1) is 9.06. The summed E-state index contributed by atoms with van der Waals surface area (Å²) in [6.45, 7) is 6.00. The molecular weight excluding hydrogens is 236 g/mol. The van der Waals surface area contributed by atoms with Crippen molar-refractivity contribution in [3.63, 3.8) is 0 Å². The number of aliphatic hydroxyl groups excluding tert-OH is 1. The second-order valence-electron chi connectivity index (χ2n) is 5.06. The zero-order valence-electron chi connectivity index (χ0n) is 11.6. The molecule has 0 saturated carbocycles. The van der Waals surface area contributed by atoms with Crippen molar-refractivity contribution < 1.29 is 9.84 Å². The number of ether oxygens (including phenoxy) is 1. The highest BCUT2D eigenvalue weighted by Gasteiger charge is 2.11. The predicted molar refractivity (Wildman–Crippen MR) is 77.4 cm³/mol. The molecule has 19 heavy (non-hydrogen) atoms. The maximum atomic E-state index is 10.4. The van der Waals surface area contributed by atoms with Crippen LogP contribution < -0.4 is 4.74 Å². The van der Waals surface area contributed by atoms with Crippen LogP contribution in [0.25, 0.3) is 0 Å². The molecule has 0 aliphatic carbocycles. The van der Waals surface area contributed by atoms with Crippen molar-refractivity contribution in [3.05, 3.63) is 65.2 Å². The maximum absolute atomic E-state index is 10.4. The minimum atomic E-state index is -0.615. The zero-order valence-corrected chi connectivity index (χ0v) is 11.6. The van der Waals surface area contributed by atoms with Crippen LogP contribution in [0.15, 0.2) is 48.5 Å². The standard InChI is InChI=1S/C17H20O2/c1-12(2)19-16-9-5-8-15(11-16)17(18)14-7-4-6-13(3)10-14/h4-12,17-18H,1-3H3. The minimum absolute atomic E-state index is 0.131. The average molecular weight is 256 g/mol. The van der Waals surface area contributed by atoms with Crippen LogP contribution in [0.2, 0.25) is 0 Å². The van der Waals surface area contributed by atoms with Crippen molar-refractivity contribution in [2.45, 2.75) is 33.0 Å². The summed E-state index contributed by atoms with van der Waals surface area (Å²) < 4.78 is 5.65. The van der Waals surface area contributed by atoms with E-state index in [-0.39, 0.29) is 6.10 Å². The fraction of sp³-hybridized carbons (Fsp3) is 0.294. The smallest absolute Gasteiger partial charge is 0.120 e. The zero-order chi connectivity index (χ0) is 13.8. The number of aryl methyl sites for hydroxylation is 1. The summed E-state index contributed by atoms with van der Waals surface area (Å²) in [4.78, 5) is 0. The molecule has 0 radical (unpaired) electrons. The first-order valence-electron chi connectivity index (χ1n) is 6.57. The highest BCUT2D eigenvalue weighted by atomic mass is 16.5. The second-order valence-corrected chi connectivity index (χ2v) is 5.06. The molecule has 2 nitrogen and oxygen atoms in total. The van der Waals surface area contributed by atoms with Gasteiger partial charge in [-0.15, -0.1) is 0 Å². The quantitative estimate of drug-likeness (QED) is 0.900. The average Bonchev–Trinajstić information content (AvgIpc) is 2.37. The fourth-order valence-electron chi connectivity index (χ4n) is 2.06. The van der Waals surface area contributed by atoms with Gasteiger partial charge in [0.15, 0.2) is 0 Å². The molecule has 0 fully saturated rings. The first kappa shape index (κ1) is 13.6. The van der Waals surface area contributed by atoms with Gasteiger partial charge in [-0.25, -0.2) is 0 Å². The molecule has 0 aliphatic rings. The third kappa shape index (κ3) is 3.58. The first-order valence-corrected chi connectivity index (χ1v) is 6.57. The molecule has 0 aliphatic heterocycles. The SMILES string of the molecule is Cc1cccc(C(O)c2cccc(OC(C)C)c2)c1.